The van der Waals surface area contributed by atoms with Crippen molar-refractivity contribution in [3.63, 3.8) is 0 Å². The zero-order chi connectivity index (χ0) is 15.6. The molecule has 2 amide bonds. The number of carboxylic acid groups (broad SMARTS) is 1. The lowest BCUT2D eigenvalue weighted by molar-refractivity contribution is 0.0693. The van der Waals surface area contributed by atoms with E-state index in [1.54, 1.807) is 4.90 Å². The number of halogens is 1. The van der Waals surface area contributed by atoms with E-state index in [2.05, 4.69) is 5.32 Å². The van der Waals surface area contributed by atoms with Crippen molar-refractivity contribution >= 4 is 17.7 Å². The van der Waals surface area contributed by atoms with E-state index in [0.717, 1.165) is 12.5 Å². The van der Waals surface area contributed by atoms with E-state index in [1.807, 2.05) is 19.0 Å². The molecule has 0 bridgehead atoms. The predicted molar refractivity (Wildman–Crippen MR) is 76.0 cm³/mol. The Bertz CT molecular complexity index is 562. The van der Waals surface area contributed by atoms with Gasteiger partial charge in [0.15, 0.2) is 0 Å². The number of likely N-dealkylation sites (N-methyl/N-ethyl adjacent to an activating group) is 1. The first kappa shape index (κ1) is 15.2. The second kappa shape index (κ2) is 6.09. The molecule has 1 atom stereocenters. The summed E-state index contributed by atoms with van der Waals surface area (Å²) < 4.78 is 13.5. The Balaban J connectivity index is 2.11. The number of rotatable bonds is 3. The molecule has 0 aromatic heterocycles. The van der Waals surface area contributed by atoms with Crippen LogP contribution in [0.1, 0.15) is 16.8 Å². The molecule has 1 aliphatic rings. The van der Waals surface area contributed by atoms with Gasteiger partial charge >= 0.3 is 12.0 Å². The average Bonchev–Trinajstić information content (AvgIpc) is 2.88. The second-order valence-corrected chi connectivity index (χ2v) is 5.25. The van der Waals surface area contributed by atoms with E-state index < -0.39 is 23.4 Å². The lowest BCUT2D eigenvalue weighted by atomic mass is 10.1. The van der Waals surface area contributed by atoms with E-state index in [-0.39, 0.29) is 11.7 Å². The summed E-state index contributed by atoms with van der Waals surface area (Å²) in [4.78, 5) is 26.9. The van der Waals surface area contributed by atoms with Crippen molar-refractivity contribution in [3.8, 4) is 0 Å². The monoisotopic (exact) mass is 295 g/mol. The van der Waals surface area contributed by atoms with Crippen LogP contribution in [-0.4, -0.2) is 60.1 Å². The van der Waals surface area contributed by atoms with Crippen molar-refractivity contribution in [3.05, 3.63) is 29.6 Å². The first-order valence-electron chi connectivity index (χ1n) is 6.64. The lowest BCUT2D eigenvalue weighted by Gasteiger charge is -2.21. The smallest absolute Gasteiger partial charge is 0.340 e. The molecular formula is C14H18FN3O3. The van der Waals surface area contributed by atoms with Gasteiger partial charge in [-0.1, -0.05) is 6.07 Å². The molecule has 0 radical (unpaired) electrons. The summed E-state index contributed by atoms with van der Waals surface area (Å²) in [6, 6.07) is 3.67. The molecule has 1 fully saturated rings. The highest BCUT2D eigenvalue weighted by atomic mass is 19.1. The van der Waals surface area contributed by atoms with E-state index in [4.69, 9.17) is 5.11 Å². The van der Waals surface area contributed by atoms with Gasteiger partial charge < -0.3 is 20.2 Å². The summed E-state index contributed by atoms with van der Waals surface area (Å²) in [6.45, 7) is 1.16. The number of anilines is 1. The Kier molecular flexibility index (Phi) is 4.42. The van der Waals surface area contributed by atoms with Gasteiger partial charge in [0.25, 0.3) is 0 Å². The molecule has 0 aliphatic carbocycles. The summed E-state index contributed by atoms with van der Waals surface area (Å²) in [5, 5.41) is 11.5. The summed E-state index contributed by atoms with van der Waals surface area (Å²) in [6.07, 6.45) is 0.857. The van der Waals surface area contributed by atoms with Gasteiger partial charge in [-0.15, -0.1) is 0 Å². The summed E-state index contributed by atoms with van der Waals surface area (Å²) >= 11 is 0. The zero-order valence-corrected chi connectivity index (χ0v) is 12.0. The Morgan fingerprint density at radius 1 is 1.43 bits per heavy atom. The molecule has 1 aliphatic heterocycles. The molecule has 1 saturated heterocycles. The highest BCUT2D eigenvalue weighted by Gasteiger charge is 2.28. The number of benzene rings is 1. The fraction of sp³-hybridized carbons (Fsp3) is 0.429. The molecule has 6 nitrogen and oxygen atoms in total. The van der Waals surface area contributed by atoms with Gasteiger partial charge in [0, 0.05) is 19.1 Å². The maximum Gasteiger partial charge on any atom is 0.340 e. The van der Waals surface area contributed by atoms with E-state index in [9.17, 15) is 14.0 Å². The van der Waals surface area contributed by atoms with Crippen molar-refractivity contribution in [2.24, 2.45) is 0 Å². The second-order valence-electron chi connectivity index (χ2n) is 5.25. The minimum atomic E-state index is -1.41. The minimum absolute atomic E-state index is 0.0270. The van der Waals surface area contributed by atoms with E-state index in [0.29, 0.717) is 13.1 Å². The molecule has 0 saturated carbocycles. The average molecular weight is 295 g/mol. The molecule has 2 rings (SSSR count). The van der Waals surface area contributed by atoms with Crippen LogP contribution >= 0.6 is 0 Å². The SMILES string of the molecule is CN(C)C1CCN(C(=O)Nc2cccc(F)c2C(=O)O)C1. The number of carbonyl (C=O) groups is 2. The maximum absolute atomic E-state index is 13.5. The van der Waals surface area contributed by atoms with Crippen molar-refractivity contribution in [2.75, 3.05) is 32.5 Å². The number of aromatic carboxylic acids is 1. The topological polar surface area (TPSA) is 72.9 Å². The summed E-state index contributed by atoms with van der Waals surface area (Å²) in [5.41, 5.74) is -0.546. The van der Waals surface area contributed by atoms with Crippen molar-refractivity contribution in [1.29, 1.82) is 0 Å². The molecule has 7 heteroatoms. The highest BCUT2D eigenvalue weighted by Crippen LogP contribution is 2.21. The van der Waals surface area contributed by atoms with Crippen LogP contribution in [0.4, 0.5) is 14.9 Å². The molecule has 1 heterocycles. The number of nitrogens with zero attached hydrogens (tertiary/aromatic N) is 2. The Morgan fingerprint density at radius 3 is 2.71 bits per heavy atom. The zero-order valence-electron chi connectivity index (χ0n) is 12.0. The number of amides is 2. The fourth-order valence-electron chi connectivity index (χ4n) is 2.39. The normalized spacial score (nSPS) is 18.1. The van der Waals surface area contributed by atoms with Crippen molar-refractivity contribution in [1.82, 2.24) is 9.80 Å². The number of carboxylic acids is 1. The summed E-state index contributed by atoms with van der Waals surface area (Å²) in [5.74, 6) is -2.27. The van der Waals surface area contributed by atoms with Crippen molar-refractivity contribution < 1.29 is 19.1 Å². The number of likely N-dealkylation sites (tertiary alicyclic amines) is 1. The van der Waals surface area contributed by atoms with Crippen LogP contribution in [0.5, 0.6) is 0 Å². The molecule has 1 unspecified atom stereocenters. The maximum atomic E-state index is 13.5. The first-order chi connectivity index (χ1) is 9.90. The molecule has 114 valence electrons. The predicted octanol–water partition coefficient (Wildman–Crippen LogP) is 1.69. The van der Waals surface area contributed by atoms with Gasteiger partial charge in [0.2, 0.25) is 0 Å². The van der Waals surface area contributed by atoms with Crippen LogP contribution in [0.25, 0.3) is 0 Å². The molecule has 1 aromatic carbocycles. The third-order valence-corrected chi connectivity index (χ3v) is 3.65. The Morgan fingerprint density at radius 2 is 2.14 bits per heavy atom. The molecule has 1 aromatic rings. The Labute approximate surface area is 122 Å². The van der Waals surface area contributed by atoms with Gasteiger partial charge in [-0.3, -0.25) is 0 Å². The first-order valence-corrected chi connectivity index (χ1v) is 6.64. The standard InChI is InChI=1S/C14H18FN3O3/c1-17(2)9-6-7-18(8-9)14(21)16-11-5-3-4-10(15)12(11)13(19)20/h3-5,9H,6-8H2,1-2H3,(H,16,21)(H,19,20). The van der Waals surface area contributed by atoms with Crippen LogP contribution in [-0.2, 0) is 0 Å². The molecule has 2 N–H and O–H groups in total. The minimum Gasteiger partial charge on any atom is -0.478 e. The van der Waals surface area contributed by atoms with Gasteiger partial charge in [0.05, 0.1) is 5.69 Å². The largest absolute Gasteiger partial charge is 0.478 e. The van der Waals surface area contributed by atoms with Crippen LogP contribution in [0.2, 0.25) is 0 Å². The quantitative estimate of drug-likeness (QED) is 0.890. The Hall–Kier alpha value is -2.15. The number of carbonyl (C=O) groups excluding carboxylic acids is 1. The number of urea groups is 1. The number of nitrogens with one attached hydrogen (secondary N) is 1. The summed E-state index contributed by atoms with van der Waals surface area (Å²) in [7, 11) is 3.89. The van der Waals surface area contributed by atoms with E-state index >= 15 is 0 Å². The van der Waals surface area contributed by atoms with Gasteiger partial charge in [-0.05, 0) is 32.6 Å². The highest BCUT2D eigenvalue weighted by molar-refractivity contribution is 6.00. The molecule has 21 heavy (non-hydrogen) atoms. The van der Waals surface area contributed by atoms with E-state index in [1.165, 1.54) is 12.1 Å². The molecular weight excluding hydrogens is 277 g/mol. The van der Waals surface area contributed by atoms with Gasteiger partial charge in [-0.2, -0.15) is 0 Å². The van der Waals surface area contributed by atoms with Crippen LogP contribution in [0.3, 0.4) is 0 Å². The van der Waals surface area contributed by atoms with Gasteiger partial charge in [0.1, 0.15) is 11.4 Å². The van der Waals surface area contributed by atoms with Crippen LogP contribution in [0, 0.1) is 5.82 Å². The van der Waals surface area contributed by atoms with Crippen molar-refractivity contribution in [2.45, 2.75) is 12.5 Å². The lowest BCUT2D eigenvalue weighted by Crippen LogP contribution is -2.37. The third-order valence-electron chi connectivity index (χ3n) is 3.65. The van der Waals surface area contributed by atoms with Crippen LogP contribution < -0.4 is 5.32 Å². The fourth-order valence-corrected chi connectivity index (χ4v) is 2.39. The van der Waals surface area contributed by atoms with Crippen LogP contribution in [0.15, 0.2) is 18.2 Å². The molecule has 0 spiro atoms. The third kappa shape index (κ3) is 3.30. The van der Waals surface area contributed by atoms with Gasteiger partial charge in [-0.25, -0.2) is 14.0 Å². The number of hydrogen-bond donors (Lipinski definition) is 2. The number of hydrogen-bond acceptors (Lipinski definition) is 3.